The number of anilines is 1. The van der Waals surface area contributed by atoms with Crippen molar-refractivity contribution in [2.75, 3.05) is 4.90 Å². The molecule has 1 aromatic carbocycles. The van der Waals surface area contributed by atoms with E-state index in [-0.39, 0.29) is 23.7 Å². The van der Waals surface area contributed by atoms with Gasteiger partial charge in [-0.3, -0.25) is 14.5 Å². The molecular weight excluding hydrogens is 262 g/mol. The fourth-order valence-electron chi connectivity index (χ4n) is 4.91. The summed E-state index contributed by atoms with van der Waals surface area (Å²) in [5.74, 6) is 1.79. The molecule has 3 fully saturated rings. The minimum atomic E-state index is -0.0995. The summed E-state index contributed by atoms with van der Waals surface area (Å²) >= 11 is 0. The lowest BCUT2D eigenvalue weighted by atomic mass is 9.63. The van der Waals surface area contributed by atoms with Crippen LogP contribution < -0.4 is 4.90 Å². The van der Waals surface area contributed by atoms with Crippen LogP contribution in [-0.2, 0) is 9.59 Å². The highest BCUT2D eigenvalue weighted by Gasteiger charge is 2.67. The molecule has 1 aromatic rings. The number of benzene rings is 1. The Labute approximate surface area is 123 Å². The van der Waals surface area contributed by atoms with Crippen molar-refractivity contribution < 1.29 is 9.59 Å². The number of aryl methyl sites for hydroxylation is 1. The lowest BCUT2D eigenvalue weighted by molar-refractivity contribution is -0.124. The molecule has 2 amide bonds. The Bertz CT molecular complexity index is 654. The zero-order chi connectivity index (χ0) is 14.3. The summed E-state index contributed by atoms with van der Waals surface area (Å²) in [4.78, 5) is 27.2. The van der Waals surface area contributed by atoms with Gasteiger partial charge in [-0.05, 0) is 49.1 Å². The number of carbonyl (C=O) groups excluding carboxylic acids is 2. The maximum atomic E-state index is 12.9. The van der Waals surface area contributed by atoms with Crippen LogP contribution in [0, 0.1) is 42.4 Å². The van der Waals surface area contributed by atoms with Crippen LogP contribution in [-0.4, -0.2) is 11.8 Å². The molecule has 2 bridgehead atoms. The third-order valence-corrected chi connectivity index (χ3v) is 5.95. The van der Waals surface area contributed by atoms with Crippen LogP contribution in [0.25, 0.3) is 0 Å². The summed E-state index contributed by atoms with van der Waals surface area (Å²) in [6, 6.07) is 7.70. The monoisotopic (exact) mass is 279 g/mol. The highest BCUT2D eigenvalue weighted by atomic mass is 16.2. The first-order valence-corrected chi connectivity index (χ1v) is 7.79. The third kappa shape index (κ3) is 1.34. The predicted molar refractivity (Wildman–Crippen MR) is 78.4 cm³/mol. The van der Waals surface area contributed by atoms with E-state index in [1.807, 2.05) is 31.2 Å². The van der Waals surface area contributed by atoms with Crippen LogP contribution in [0.1, 0.15) is 12.0 Å². The molecule has 6 rings (SSSR count). The van der Waals surface area contributed by atoms with E-state index in [0.717, 1.165) is 11.3 Å². The molecule has 4 aliphatic carbocycles. The molecule has 0 spiro atoms. The number of nitrogens with zero attached hydrogens (tertiary/aromatic N) is 1. The van der Waals surface area contributed by atoms with Crippen molar-refractivity contribution in [2.45, 2.75) is 13.3 Å². The van der Waals surface area contributed by atoms with E-state index < -0.39 is 0 Å². The molecule has 6 atom stereocenters. The van der Waals surface area contributed by atoms with Crippen molar-refractivity contribution in [1.82, 2.24) is 0 Å². The molecule has 0 unspecified atom stereocenters. The zero-order valence-electron chi connectivity index (χ0n) is 11.9. The number of imide groups is 1. The Morgan fingerprint density at radius 3 is 1.95 bits per heavy atom. The summed E-state index contributed by atoms with van der Waals surface area (Å²) in [5.41, 5.74) is 1.87. The van der Waals surface area contributed by atoms with Gasteiger partial charge in [-0.1, -0.05) is 29.8 Å². The van der Waals surface area contributed by atoms with E-state index in [9.17, 15) is 9.59 Å². The minimum Gasteiger partial charge on any atom is -0.274 e. The molecule has 2 saturated carbocycles. The van der Waals surface area contributed by atoms with E-state index in [1.54, 1.807) is 0 Å². The third-order valence-electron chi connectivity index (χ3n) is 5.95. The van der Waals surface area contributed by atoms with E-state index in [1.165, 1.54) is 11.3 Å². The molecule has 0 radical (unpaired) electrons. The van der Waals surface area contributed by atoms with Gasteiger partial charge in [0.15, 0.2) is 0 Å². The second kappa shape index (κ2) is 3.65. The molecule has 1 aliphatic heterocycles. The van der Waals surface area contributed by atoms with Gasteiger partial charge >= 0.3 is 0 Å². The molecule has 3 heteroatoms. The van der Waals surface area contributed by atoms with Crippen LogP contribution >= 0.6 is 0 Å². The number of hydrogen-bond donors (Lipinski definition) is 0. The second-order valence-electron chi connectivity index (χ2n) is 7.00. The second-order valence-corrected chi connectivity index (χ2v) is 7.00. The fourth-order valence-corrected chi connectivity index (χ4v) is 4.91. The number of rotatable bonds is 1. The van der Waals surface area contributed by atoms with Gasteiger partial charge in [0.2, 0.25) is 11.8 Å². The molecule has 1 heterocycles. The van der Waals surface area contributed by atoms with Crippen molar-refractivity contribution in [1.29, 1.82) is 0 Å². The summed E-state index contributed by atoms with van der Waals surface area (Å²) in [5, 5.41) is 0. The quantitative estimate of drug-likeness (QED) is 0.585. The van der Waals surface area contributed by atoms with Gasteiger partial charge in [0, 0.05) is 0 Å². The fraction of sp³-hybridized carbons (Fsp3) is 0.444. The molecule has 5 aliphatic rings. The molecular formula is C18H17NO2. The van der Waals surface area contributed by atoms with Gasteiger partial charge in [-0.15, -0.1) is 0 Å². The van der Waals surface area contributed by atoms with Gasteiger partial charge in [0.1, 0.15) is 0 Å². The summed E-state index contributed by atoms with van der Waals surface area (Å²) in [7, 11) is 0. The van der Waals surface area contributed by atoms with Gasteiger partial charge < -0.3 is 0 Å². The Morgan fingerprint density at radius 2 is 1.43 bits per heavy atom. The standard InChI is InChI=1S/C18H17NO2/c1-9-2-4-10(5-3-9)19-17(20)15-11-6-7-12(14-8-13(11)14)16(15)18(19)21/h2-7,11-16H,8H2,1H3/t11-,12-,13-,14-,15+,16+/m0/s1. The van der Waals surface area contributed by atoms with Crippen LogP contribution in [0.4, 0.5) is 5.69 Å². The topological polar surface area (TPSA) is 37.4 Å². The zero-order valence-corrected chi connectivity index (χ0v) is 11.9. The lowest BCUT2D eigenvalue weighted by Gasteiger charge is -2.37. The summed E-state index contributed by atoms with van der Waals surface area (Å²) < 4.78 is 0. The van der Waals surface area contributed by atoms with E-state index in [4.69, 9.17) is 0 Å². The highest BCUT2D eigenvalue weighted by molar-refractivity contribution is 6.22. The number of carbonyl (C=O) groups is 2. The molecule has 0 aromatic heterocycles. The van der Waals surface area contributed by atoms with Crippen LogP contribution in [0.5, 0.6) is 0 Å². The predicted octanol–water partition coefficient (Wildman–Crippen LogP) is 2.55. The van der Waals surface area contributed by atoms with Gasteiger partial charge in [0.05, 0.1) is 17.5 Å². The Morgan fingerprint density at radius 1 is 0.905 bits per heavy atom. The van der Waals surface area contributed by atoms with Crippen LogP contribution in [0.3, 0.4) is 0 Å². The average Bonchev–Trinajstić information content (AvgIpc) is 3.26. The maximum Gasteiger partial charge on any atom is 0.238 e. The van der Waals surface area contributed by atoms with E-state index in [2.05, 4.69) is 12.2 Å². The van der Waals surface area contributed by atoms with Gasteiger partial charge in [-0.2, -0.15) is 0 Å². The van der Waals surface area contributed by atoms with Crippen molar-refractivity contribution >= 4 is 17.5 Å². The molecule has 21 heavy (non-hydrogen) atoms. The number of allylic oxidation sites excluding steroid dienone is 2. The largest absolute Gasteiger partial charge is 0.274 e. The molecule has 1 saturated heterocycles. The van der Waals surface area contributed by atoms with E-state index in [0.29, 0.717) is 23.7 Å². The molecule has 106 valence electrons. The summed E-state index contributed by atoms with van der Waals surface area (Å²) in [6.07, 6.45) is 5.63. The van der Waals surface area contributed by atoms with Crippen LogP contribution in [0.2, 0.25) is 0 Å². The highest BCUT2D eigenvalue weighted by Crippen LogP contribution is 2.65. The summed E-state index contributed by atoms with van der Waals surface area (Å²) in [6.45, 7) is 2.01. The first kappa shape index (κ1) is 11.7. The lowest BCUT2D eigenvalue weighted by Crippen LogP contribution is -2.40. The Hall–Kier alpha value is -1.90. The Balaban J connectivity index is 1.58. The number of hydrogen-bond acceptors (Lipinski definition) is 2. The van der Waals surface area contributed by atoms with Gasteiger partial charge in [0.25, 0.3) is 0 Å². The van der Waals surface area contributed by atoms with Crippen LogP contribution in [0.15, 0.2) is 36.4 Å². The SMILES string of the molecule is Cc1ccc(N2C(=O)[C@@H]3[C@H]4C=C[C@@H]([C@@H]5C[C@@H]45)[C@H]3C2=O)cc1. The Kier molecular flexibility index (Phi) is 2.04. The maximum absolute atomic E-state index is 12.9. The first-order chi connectivity index (χ1) is 10.2. The van der Waals surface area contributed by atoms with Crippen molar-refractivity contribution in [2.24, 2.45) is 35.5 Å². The number of amides is 2. The minimum absolute atomic E-state index is 0.0264. The first-order valence-electron chi connectivity index (χ1n) is 7.79. The van der Waals surface area contributed by atoms with Crippen molar-refractivity contribution in [3.05, 3.63) is 42.0 Å². The average molecular weight is 279 g/mol. The van der Waals surface area contributed by atoms with Crippen molar-refractivity contribution in [3.63, 3.8) is 0 Å². The van der Waals surface area contributed by atoms with E-state index >= 15 is 0 Å². The normalized spacial score (nSPS) is 42.2. The molecule has 0 N–H and O–H groups in total. The molecule has 3 nitrogen and oxygen atoms in total. The van der Waals surface area contributed by atoms with Crippen molar-refractivity contribution in [3.8, 4) is 0 Å². The smallest absolute Gasteiger partial charge is 0.238 e. The van der Waals surface area contributed by atoms with Gasteiger partial charge in [-0.25, -0.2) is 0 Å².